The summed E-state index contributed by atoms with van der Waals surface area (Å²) in [7, 11) is 0. The Morgan fingerprint density at radius 2 is 2.08 bits per heavy atom. The van der Waals surface area contributed by atoms with E-state index in [1.165, 1.54) is 17.4 Å². The quantitative estimate of drug-likeness (QED) is 0.798. The van der Waals surface area contributed by atoms with Gasteiger partial charge in [0.05, 0.1) is 10.6 Å². The van der Waals surface area contributed by atoms with Crippen LogP contribution in [0.1, 0.15) is 28.8 Å². The van der Waals surface area contributed by atoms with Gasteiger partial charge in [0.25, 0.3) is 0 Å². The molecule has 3 rings (SSSR count). The zero-order valence-electron chi connectivity index (χ0n) is 13.6. The molecule has 0 radical (unpaired) electrons. The second-order valence-corrected chi connectivity index (χ2v) is 7.52. The summed E-state index contributed by atoms with van der Waals surface area (Å²) in [5.74, 6) is -0.193. The Hall–Kier alpha value is -1.64. The third-order valence-corrected chi connectivity index (χ3v) is 5.33. The van der Waals surface area contributed by atoms with Crippen LogP contribution >= 0.6 is 22.9 Å². The number of benzene rings is 1. The third-order valence-electron chi connectivity index (χ3n) is 4.09. The molecule has 1 aromatic carbocycles. The summed E-state index contributed by atoms with van der Waals surface area (Å²) in [6.45, 7) is 1.14. The van der Waals surface area contributed by atoms with Gasteiger partial charge in [0.1, 0.15) is 0 Å². The second-order valence-electron chi connectivity index (χ2n) is 6.00. The number of nitrogens with zero attached hydrogens (tertiary/aromatic N) is 1. The van der Waals surface area contributed by atoms with Gasteiger partial charge in [-0.15, -0.1) is 11.3 Å². The maximum atomic E-state index is 12.9. The molecule has 0 atom stereocenters. The maximum absolute atomic E-state index is 12.9. The van der Waals surface area contributed by atoms with E-state index in [-0.39, 0.29) is 23.3 Å². The van der Waals surface area contributed by atoms with Crippen molar-refractivity contribution in [1.82, 2.24) is 4.98 Å². The number of aromatic nitrogens is 1. The molecule has 0 bridgehead atoms. The van der Waals surface area contributed by atoms with Crippen LogP contribution in [0.5, 0.6) is 0 Å². The van der Waals surface area contributed by atoms with E-state index >= 15 is 0 Å². The van der Waals surface area contributed by atoms with Crippen molar-refractivity contribution in [2.24, 2.45) is 5.92 Å². The molecule has 140 valence electrons. The first-order chi connectivity index (χ1) is 12.3. The Kier molecular flexibility index (Phi) is 5.84. The number of halogens is 4. The highest BCUT2D eigenvalue weighted by Crippen LogP contribution is 2.35. The molecule has 2 aromatic rings. The fourth-order valence-electron chi connectivity index (χ4n) is 2.72. The summed E-state index contributed by atoms with van der Waals surface area (Å²) in [6, 6.07) is 3.84. The van der Waals surface area contributed by atoms with E-state index in [0.717, 1.165) is 10.9 Å². The maximum Gasteiger partial charge on any atom is 0.417 e. The second kappa shape index (κ2) is 7.94. The Morgan fingerprint density at radius 3 is 2.77 bits per heavy atom. The average molecular weight is 405 g/mol. The lowest BCUT2D eigenvalue weighted by atomic mass is 10.00. The molecule has 0 aliphatic carbocycles. The summed E-state index contributed by atoms with van der Waals surface area (Å²) >= 11 is 6.88. The topological polar surface area (TPSA) is 51.2 Å². The number of carbonyl (C=O) groups excluding carboxylic acids is 1. The molecule has 0 unspecified atom stereocenters. The van der Waals surface area contributed by atoms with E-state index in [1.54, 1.807) is 12.3 Å². The molecule has 4 nitrogen and oxygen atoms in total. The van der Waals surface area contributed by atoms with Gasteiger partial charge >= 0.3 is 6.18 Å². The van der Waals surface area contributed by atoms with Crippen LogP contribution in [-0.2, 0) is 22.1 Å². The molecule has 0 spiro atoms. The zero-order valence-corrected chi connectivity index (χ0v) is 15.2. The third kappa shape index (κ3) is 4.75. The van der Waals surface area contributed by atoms with Gasteiger partial charge in [-0.05, 0) is 30.5 Å². The van der Waals surface area contributed by atoms with Crippen LogP contribution in [0.4, 0.5) is 18.3 Å². The molecule has 1 aliphatic rings. The molecule has 1 fully saturated rings. The summed E-state index contributed by atoms with van der Waals surface area (Å²) < 4.78 is 44.1. The van der Waals surface area contributed by atoms with Gasteiger partial charge in [0.15, 0.2) is 5.13 Å². The zero-order chi connectivity index (χ0) is 18.7. The first-order valence-corrected chi connectivity index (χ1v) is 9.21. The van der Waals surface area contributed by atoms with Crippen LogP contribution < -0.4 is 5.32 Å². The summed E-state index contributed by atoms with van der Waals surface area (Å²) in [5.41, 5.74) is -0.373. The number of alkyl halides is 3. The minimum absolute atomic E-state index is 0.0956. The van der Waals surface area contributed by atoms with Crippen LogP contribution in [0, 0.1) is 5.92 Å². The largest absolute Gasteiger partial charge is 0.417 e. The van der Waals surface area contributed by atoms with Crippen molar-refractivity contribution in [3.8, 4) is 0 Å². The van der Waals surface area contributed by atoms with Gasteiger partial charge < -0.3 is 10.1 Å². The fourth-order valence-corrected chi connectivity index (χ4v) is 3.79. The van der Waals surface area contributed by atoms with Crippen molar-refractivity contribution < 1.29 is 22.7 Å². The molecular weight excluding hydrogens is 389 g/mol. The predicted molar refractivity (Wildman–Crippen MR) is 93.5 cm³/mol. The Labute approximate surface area is 157 Å². The van der Waals surface area contributed by atoms with Gasteiger partial charge in [0.2, 0.25) is 5.91 Å². The van der Waals surface area contributed by atoms with E-state index < -0.39 is 11.7 Å². The Morgan fingerprint density at radius 1 is 1.35 bits per heavy atom. The summed E-state index contributed by atoms with van der Waals surface area (Å²) in [4.78, 5) is 17.1. The van der Waals surface area contributed by atoms with Gasteiger partial charge in [0, 0.05) is 36.6 Å². The minimum atomic E-state index is -4.50. The van der Waals surface area contributed by atoms with Crippen molar-refractivity contribution in [3.05, 3.63) is 45.4 Å². The molecule has 2 heterocycles. The van der Waals surface area contributed by atoms with Crippen molar-refractivity contribution in [2.75, 3.05) is 18.5 Å². The number of carbonyl (C=O) groups is 1. The Bertz CT molecular complexity index is 789. The molecular formula is C17H16ClF3N2O2S. The number of ether oxygens (including phenoxy) is 1. The van der Waals surface area contributed by atoms with Crippen LogP contribution in [0.15, 0.2) is 24.4 Å². The molecule has 9 heteroatoms. The van der Waals surface area contributed by atoms with Crippen molar-refractivity contribution >= 4 is 34.0 Å². The van der Waals surface area contributed by atoms with Crippen LogP contribution in [0.25, 0.3) is 0 Å². The van der Waals surface area contributed by atoms with E-state index in [2.05, 4.69) is 10.3 Å². The van der Waals surface area contributed by atoms with E-state index in [9.17, 15) is 18.0 Å². The lowest BCUT2D eigenvalue weighted by Gasteiger charge is -2.20. The van der Waals surface area contributed by atoms with Gasteiger partial charge in [-0.1, -0.05) is 17.7 Å². The summed E-state index contributed by atoms with van der Waals surface area (Å²) in [6.07, 6.45) is -1.30. The SMILES string of the molecule is O=C(Nc1ncc(Cc2ccc(Cl)c(C(F)(F)F)c2)s1)C1CCOCC1. The number of amides is 1. The number of hydrogen-bond donors (Lipinski definition) is 1. The molecule has 0 saturated carbocycles. The molecule has 1 aliphatic heterocycles. The summed E-state index contributed by atoms with van der Waals surface area (Å²) in [5, 5.41) is 2.90. The molecule has 1 saturated heterocycles. The van der Waals surface area contributed by atoms with Crippen molar-refractivity contribution in [1.29, 1.82) is 0 Å². The number of rotatable bonds is 4. The normalized spacial score (nSPS) is 15.8. The van der Waals surface area contributed by atoms with Crippen LogP contribution in [0.3, 0.4) is 0 Å². The van der Waals surface area contributed by atoms with E-state index in [4.69, 9.17) is 16.3 Å². The highest BCUT2D eigenvalue weighted by atomic mass is 35.5. The smallest absolute Gasteiger partial charge is 0.381 e. The molecule has 26 heavy (non-hydrogen) atoms. The molecule has 1 amide bonds. The van der Waals surface area contributed by atoms with E-state index in [1.807, 2.05) is 0 Å². The lowest BCUT2D eigenvalue weighted by molar-refractivity contribution is -0.137. The monoisotopic (exact) mass is 404 g/mol. The first kappa shape index (κ1) is 19.1. The Balaban J connectivity index is 1.66. The molecule has 1 aromatic heterocycles. The van der Waals surface area contributed by atoms with Crippen molar-refractivity contribution in [2.45, 2.75) is 25.4 Å². The standard InChI is InChI=1S/C17H16ClF3N2O2S/c18-14-2-1-10(8-13(14)17(19,20)21)7-12-9-22-16(26-12)23-15(24)11-3-5-25-6-4-11/h1-2,8-9,11H,3-7H2,(H,22,23,24). The highest BCUT2D eigenvalue weighted by Gasteiger charge is 2.33. The first-order valence-electron chi connectivity index (χ1n) is 8.02. The fraction of sp³-hybridized carbons (Fsp3) is 0.412. The highest BCUT2D eigenvalue weighted by molar-refractivity contribution is 7.15. The van der Waals surface area contributed by atoms with Crippen LogP contribution in [0.2, 0.25) is 5.02 Å². The minimum Gasteiger partial charge on any atom is -0.381 e. The van der Waals surface area contributed by atoms with Crippen molar-refractivity contribution in [3.63, 3.8) is 0 Å². The van der Waals surface area contributed by atoms with Crippen LogP contribution in [-0.4, -0.2) is 24.1 Å². The van der Waals surface area contributed by atoms with Gasteiger partial charge in [-0.2, -0.15) is 13.2 Å². The van der Waals surface area contributed by atoms with E-state index in [0.29, 0.717) is 36.8 Å². The predicted octanol–water partition coefficient (Wildman–Crippen LogP) is 4.77. The van der Waals surface area contributed by atoms with Gasteiger partial charge in [-0.3, -0.25) is 4.79 Å². The number of thiazole rings is 1. The lowest BCUT2D eigenvalue weighted by Crippen LogP contribution is -2.28. The number of hydrogen-bond acceptors (Lipinski definition) is 4. The molecule has 1 N–H and O–H groups in total. The number of anilines is 1. The average Bonchev–Trinajstić information content (AvgIpc) is 3.03. The van der Waals surface area contributed by atoms with Gasteiger partial charge in [-0.25, -0.2) is 4.98 Å². The number of nitrogens with one attached hydrogen (secondary N) is 1.